The number of amides is 1. The van der Waals surface area contributed by atoms with E-state index in [4.69, 9.17) is 11.6 Å². The highest BCUT2D eigenvalue weighted by Gasteiger charge is 2.22. The summed E-state index contributed by atoms with van der Waals surface area (Å²) >= 11 is 6.15. The predicted molar refractivity (Wildman–Crippen MR) is 91.4 cm³/mol. The third-order valence-corrected chi connectivity index (χ3v) is 3.87. The minimum atomic E-state index is -0.691. The number of hydrogen-bond donors (Lipinski definition) is 1. The van der Waals surface area contributed by atoms with E-state index in [2.05, 4.69) is 10.1 Å². The fraction of sp³-hybridized carbons (Fsp3) is 0.176. The Kier molecular flexibility index (Phi) is 6.08. The minimum Gasteiger partial charge on any atom is -0.469 e. The van der Waals surface area contributed by atoms with Gasteiger partial charge in [0.2, 0.25) is 0 Å². The molecule has 0 fully saturated rings. The third kappa shape index (κ3) is 4.77. The highest BCUT2D eigenvalue weighted by molar-refractivity contribution is 6.31. The number of methoxy groups -OCH3 is 1. The molecule has 0 heterocycles. The van der Waals surface area contributed by atoms with Crippen LogP contribution in [0.2, 0.25) is 5.02 Å². The normalized spacial score (nSPS) is 11.4. The molecular weight excluding hydrogens is 348 g/mol. The number of nitrogens with one attached hydrogen (secondary N) is 1. The van der Waals surface area contributed by atoms with Gasteiger partial charge in [-0.05, 0) is 23.8 Å². The fourth-order valence-electron chi connectivity index (χ4n) is 2.22. The Morgan fingerprint density at radius 1 is 1.20 bits per heavy atom. The molecule has 1 amide bonds. The van der Waals surface area contributed by atoms with E-state index >= 15 is 0 Å². The molecule has 2 aromatic rings. The lowest BCUT2D eigenvalue weighted by atomic mass is 10.0. The van der Waals surface area contributed by atoms with Gasteiger partial charge in [0.05, 0.1) is 24.5 Å². The Balaban J connectivity index is 2.23. The molecule has 7 nitrogen and oxygen atoms in total. The molecule has 0 saturated carbocycles. The zero-order valence-corrected chi connectivity index (χ0v) is 14.0. The largest absolute Gasteiger partial charge is 0.469 e. The molecule has 130 valence electrons. The summed E-state index contributed by atoms with van der Waals surface area (Å²) in [7, 11) is 1.25. The van der Waals surface area contributed by atoms with E-state index in [0.29, 0.717) is 10.6 Å². The summed E-state index contributed by atoms with van der Waals surface area (Å²) in [5, 5.41) is 13.8. The Morgan fingerprint density at radius 3 is 2.40 bits per heavy atom. The maximum atomic E-state index is 12.4. The van der Waals surface area contributed by atoms with Crippen LogP contribution in [0, 0.1) is 10.1 Å². The number of esters is 1. The van der Waals surface area contributed by atoms with Crippen LogP contribution in [0.25, 0.3) is 0 Å². The number of nitro benzene ring substituents is 1. The first-order valence-electron chi connectivity index (χ1n) is 7.29. The Hall–Kier alpha value is -2.93. The van der Waals surface area contributed by atoms with Crippen molar-refractivity contribution < 1.29 is 19.2 Å². The number of non-ortho nitro benzene ring substituents is 1. The molecule has 8 heteroatoms. The summed E-state index contributed by atoms with van der Waals surface area (Å²) < 4.78 is 4.66. The molecule has 0 aliphatic carbocycles. The van der Waals surface area contributed by atoms with Gasteiger partial charge in [-0.25, -0.2) is 0 Å². The van der Waals surface area contributed by atoms with Crippen molar-refractivity contribution in [2.24, 2.45) is 0 Å². The molecule has 1 N–H and O–H groups in total. The van der Waals surface area contributed by atoms with Crippen molar-refractivity contribution in [3.8, 4) is 0 Å². The summed E-state index contributed by atoms with van der Waals surface area (Å²) in [6.07, 6.45) is -0.0983. The van der Waals surface area contributed by atoms with Gasteiger partial charge in [0.25, 0.3) is 11.6 Å². The Morgan fingerprint density at radius 2 is 1.84 bits per heavy atom. The van der Waals surface area contributed by atoms with Gasteiger partial charge >= 0.3 is 5.97 Å². The SMILES string of the molecule is COC(=O)CC(NC(=O)c1ccc([N+](=O)[O-])cc1)c1ccccc1Cl. The molecule has 0 radical (unpaired) electrons. The topological polar surface area (TPSA) is 98.5 Å². The van der Waals surface area contributed by atoms with Crippen molar-refractivity contribution in [1.82, 2.24) is 5.32 Å². The van der Waals surface area contributed by atoms with Crippen LogP contribution in [0.1, 0.15) is 28.4 Å². The van der Waals surface area contributed by atoms with Crippen LogP contribution in [0.5, 0.6) is 0 Å². The second kappa shape index (κ2) is 8.25. The van der Waals surface area contributed by atoms with E-state index in [9.17, 15) is 19.7 Å². The van der Waals surface area contributed by atoms with E-state index in [1.807, 2.05) is 0 Å². The molecule has 0 bridgehead atoms. The van der Waals surface area contributed by atoms with Gasteiger partial charge in [0.1, 0.15) is 0 Å². The number of halogens is 1. The van der Waals surface area contributed by atoms with Crippen LogP contribution < -0.4 is 5.32 Å². The lowest BCUT2D eigenvalue weighted by molar-refractivity contribution is -0.384. The van der Waals surface area contributed by atoms with Crippen LogP contribution in [-0.2, 0) is 9.53 Å². The van der Waals surface area contributed by atoms with Crippen molar-refractivity contribution in [3.05, 3.63) is 74.8 Å². The molecule has 0 spiro atoms. The fourth-order valence-corrected chi connectivity index (χ4v) is 2.49. The number of nitro groups is 1. The number of rotatable bonds is 6. The van der Waals surface area contributed by atoms with Crippen LogP contribution in [0.4, 0.5) is 5.69 Å². The summed E-state index contributed by atoms with van der Waals surface area (Å²) in [4.78, 5) is 34.2. The second-order valence-electron chi connectivity index (χ2n) is 5.13. The van der Waals surface area contributed by atoms with Crippen molar-refractivity contribution in [2.45, 2.75) is 12.5 Å². The number of benzene rings is 2. The van der Waals surface area contributed by atoms with Gasteiger partial charge < -0.3 is 10.1 Å². The van der Waals surface area contributed by atoms with E-state index in [0.717, 1.165) is 0 Å². The lowest BCUT2D eigenvalue weighted by Gasteiger charge is -2.19. The van der Waals surface area contributed by atoms with Crippen molar-refractivity contribution in [2.75, 3.05) is 7.11 Å². The number of carbonyl (C=O) groups excluding carboxylic acids is 2. The molecular formula is C17H15ClN2O5. The van der Waals surface area contributed by atoms with Crippen LogP contribution in [-0.4, -0.2) is 23.9 Å². The van der Waals surface area contributed by atoms with Gasteiger partial charge in [0, 0.05) is 22.7 Å². The van der Waals surface area contributed by atoms with Gasteiger partial charge in [-0.1, -0.05) is 29.8 Å². The minimum absolute atomic E-state index is 0.0983. The zero-order chi connectivity index (χ0) is 18.4. The molecule has 0 saturated heterocycles. The standard InChI is InChI=1S/C17H15ClN2O5/c1-25-16(21)10-15(13-4-2-3-5-14(13)18)19-17(22)11-6-8-12(9-7-11)20(23)24/h2-9,15H,10H2,1H3,(H,19,22). The first-order valence-corrected chi connectivity index (χ1v) is 7.66. The lowest BCUT2D eigenvalue weighted by Crippen LogP contribution is -2.30. The third-order valence-electron chi connectivity index (χ3n) is 3.52. The van der Waals surface area contributed by atoms with Crippen LogP contribution in [0.3, 0.4) is 0 Å². The van der Waals surface area contributed by atoms with Gasteiger partial charge in [-0.15, -0.1) is 0 Å². The number of hydrogen-bond acceptors (Lipinski definition) is 5. The molecule has 2 rings (SSSR count). The Labute approximate surface area is 148 Å². The van der Waals surface area contributed by atoms with E-state index in [1.165, 1.54) is 31.4 Å². The molecule has 0 aliphatic rings. The van der Waals surface area contributed by atoms with Gasteiger partial charge in [0.15, 0.2) is 0 Å². The maximum absolute atomic E-state index is 12.4. The van der Waals surface area contributed by atoms with E-state index in [-0.39, 0.29) is 17.7 Å². The average Bonchev–Trinajstić information content (AvgIpc) is 2.61. The van der Waals surface area contributed by atoms with Gasteiger partial charge in [-0.2, -0.15) is 0 Å². The predicted octanol–water partition coefficient (Wildman–Crippen LogP) is 3.28. The van der Waals surface area contributed by atoms with E-state index in [1.54, 1.807) is 24.3 Å². The summed E-state index contributed by atoms with van der Waals surface area (Å²) in [5.74, 6) is -0.988. The molecule has 2 aromatic carbocycles. The summed E-state index contributed by atoms with van der Waals surface area (Å²) in [6.45, 7) is 0. The van der Waals surface area contributed by atoms with Crippen molar-refractivity contribution in [1.29, 1.82) is 0 Å². The molecule has 0 aromatic heterocycles. The van der Waals surface area contributed by atoms with Crippen molar-refractivity contribution >= 4 is 29.2 Å². The molecule has 1 unspecified atom stereocenters. The zero-order valence-electron chi connectivity index (χ0n) is 13.3. The molecule has 25 heavy (non-hydrogen) atoms. The summed E-state index contributed by atoms with van der Waals surface area (Å²) in [5.41, 5.74) is 0.686. The van der Waals surface area contributed by atoms with Crippen LogP contribution in [0.15, 0.2) is 48.5 Å². The van der Waals surface area contributed by atoms with Crippen LogP contribution >= 0.6 is 11.6 Å². The second-order valence-corrected chi connectivity index (χ2v) is 5.54. The maximum Gasteiger partial charge on any atom is 0.307 e. The number of carbonyl (C=O) groups is 2. The van der Waals surface area contributed by atoms with Crippen molar-refractivity contribution in [3.63, 3.8) is 0 Å². The summed E-state index contributed by atoms with van der Waals surface area (Å²) in [6, 6.07) is 11.3. The highest BCUT2D eigenvalue weighted by atomic mass is 35.5. The number of ether oxygens (including phenoxy) is 1. The molecule has 0 aliphatic heterocycles. The highest BCUT2D eigenvalue weighted by Crippen LogP contribution is 2.26. The Bertz CT molecular complexity index is 792. The van der Waals surface area contributed by atoms with Gasteiger partial charge in [-0.3, -0.25) is 19.7 Å². The molecule has 1 atom stereocenters. The first kappa shape index (κ1) is 18.4. The monoisotopic (exact) mass is 362 g/mol. The average molecular weight is 363 g/mol. The van der Waals surface area contributed by atoms with E-state index < -0.39 is 22.8 Å². The quantitative estimate of drug-likeness (QED) is 0.483. The number of nitrogens with zero attached hydrogens (tertiary/aromatic N) is 1. The first-order chi connectivity index (χ1) is 11.9. The smallest absolute Gasteiger partial charge is 0.307 e.